The minimum atomic E-state index is -0.569. The predicted octanol–water partition coefficient (Wildman–Crippen LogP) is -0.352. The van der Waals surface area contributed by atoms with E-state index in [0.29, 0.717) is 11.3 Å². The van der Waals surface area contributed by atoms with Gasteiger partial charge in [-0.1, -0.05) is 12.1 Å². The second kappa shape index (κ2) is 5.81. The summed E-state index contributed by atoms with van der Waals surface area (Å²) < 4.78 is 0. The van der Waals surface area contributed by atoms with Crippen LogP contribution in [0.4, 0.5) is 5.69 Å². The Labute approximate surface area is 111 Å². The van der Waals surface area contributed by atoms with Gasteiger partial charge in [-0.3, -0.25) is 14.5 Å². The summed E-state index contributed by atoms with van der Waals surface area (Å²) in [4.78, 5) is 25.0. The van der Waals surface area contributed by atoms with E-state index in [0.717, 1.165) is 13.1 Å². The predicted molar refractivity (Wildman–Crippen MR) is 70.6 cm³/mol. The van der Waals surface area contributed by atoms with Crippen molar-refractivity contribution in [3.63, 3.8) is 0 Å². The highest BCUT2D eigenvalue weighted by molar-refractivity contribution is 6.03. The summed E-state index contributed by atoms with van der Waals surface area (Å²) in [6, 6.07) is 6.64. The third-order valence-corrected chi connectivity index (χ3v) is 3.12. The molecule has 0 atom stereocenters. The lowest BCUT2D eigenvalue weighted by Gasteiger charge is -2.37. The molecule has 2 amide bonds. The van der Waals surface area contributed by atoms with E-state index in [1.165, 1.54) is 0 Å². The van der Waals surface area contributed by atoms with Crippen LogP contribution in [0.2, 0.25) is 0 Å². The number of nitrogens with one attached hydrogen (secondary N) is 1. The lowest BCUT2D eigenvalue weighted by Crippen LogP contribution is -2.51. The van der Waals surface area contributed by atoms with Crippen LogP contribution >= 0.6 is 0 Å². The summed E-state index contributed by atoms with van der Waals surface area (Å²) in [5.74, 6) is -0.490. The first-order valence-corrected chi connectivity index (χ1v) is 6.12. The Balaban J connectivity index is 1.91. The fraction of sp³-hybridized carbons (Fsp3) is 0.385. The maximum atomic E-state index is 11.8. The van der Waals surface area contributed by atoms with Crippen LogP contribution in [0.1, 0.15) is 10.4 Å². The van der Waals surface area contributed by atoms with Crippen LogP contribution < -0.4 is 11.1 Å². The number of carbonyl (C=O) groups is 2. The Hall–Kier alpha value is -1.92. The van der Waals surface area contributed by atoms with Crippen molar-refractivity contribution in [1.29, 1.82) is 0 Å². The molecule has 1 heterocycles. The number of benzene rings is 1. The van der Waals surface area contributed by atoms with Crippen LogP contribution in [-0.2, 0) is 4.79 Å². The lowest BCUT2D eigenvalue weighted by molar-refractivity contribution is -0.119. The standard InChI is InChI=1S/C13H17N3O3/c14-13(19)10-3-1-2-4-11(10)15-12(18)7-16-5-9(6-16)8-17/h1-4,9,17H,5-8H2,(H2,14,19)(H,15,18). The minimum Gasteiger partial charge on any atom is -0.396 e. The molecule has 4 N–H and O–H groups in total. The summed E-state index contributed by atoms with van der Waals surface area (Å²) in [6.45, 7) is 1.86. The minimum absolute atomic E-state index is 0.155. The van der Waals surface area contributed by atoms with Crippen molar-refractivity contribution < 1.29 is 14.7 Å². The smallest absolute Gasteiger partial charge is 0.250 e. The molecular formula is C13H17N3O3. The number of carbonyl (C=O) groups excluding carboxylic acids is 2. The van der Waals surface area contributed by atoms with Crippen molar-refractivity contribution in [2.45, 2.75) is 0 Å². The molecule has 1 aliphatic rings. The van der Waals surface area contributed by atoms with Crippen molar-refractivity contribution in [2.75, 3.05) is 31.6 Å². The number of amides is 2. The molecule has 1 aromatic rings. The molecule has 1 aliphatic heterocycles. The molecule has 1 fully saturated rings. The van der Waals surface area contributed by atoms with E-state index < -0.39 is 5.91 Å². The molecule has 0 bridgehead atoms. The Morgan fingerprint density at radius 3 is 2.68 bits per heavy atom. The summed E-state index contributed by atoms with van der Waals surface area (Å²) in [6.07, 6.45) is 0. The number of likely N-dealkylation sites (tertiary alicyclic amines) is 1. The molecule has 19 heavy (non-hydrogen) atoms. The van der Waals surface area contributed by atoms with Gasteiger partial charge in [-0.15, -0.1) is 0 Å². The number of nitrogens with two attached hydrogens (primary N) is 1. The zero-order chi connectivity index (χ0) is 13.8. The zero-order valence-corrected chi connectivity index (χ0v) is 10.5. The Morgan fingerprint density at radius 2 is 2.05 bits per heavy atom. The van der Waals surface area contributed by atoms with E-state index in [-0.39, 0.29) is 25.0 Å². The number of primary amides is 1. The van der Waals surface area contributed by atoms with Crippen LogP contribution in [0.3, 0.4) is 0 Å². The summed E-state index contributed by atoms with van der Waals surface area (Å²) in [7, 11) is 0. The quantitative estimate of drug-likeness (QED) is 0.676. The van der Waals surface area contributed by atoms with Crippen LogP contribution in [0, 0.1) is 5.92 Å². The van der Waals surface area contributed by atoms with Crippen LogP contribution in [-0.4, -0.2) is 48.1 Å². The van der Waals surface area contributed by atoms with E-state index in [2.05, 4.69) is 5.32 Å². The normalized spacial score (nSPS) is 15.8. The van der Waals surface area contributed by atoms with Gasteiger partial charge in [0.25, 0.3) is 5.91 Å². The SMILES string of the molecule is NC(=O)c1ccccc1NC(=O)CN1CC(CO)C1. The first kappa shape index (κ1) is 13.5. The Kier molecular flexibility index (Phi) is 4.13. The van der Waals surface area contributed by atoms with Crippen molar-refractivity contribution in [2.24, 2.45) is 11.7 Å². The van der Waals surface area contributed by atoms with Gasteiger partial charge in [0.2, 0.25) is 5.91 Å². The Morgan fingerprint density at radius 1 is 1.37 bits per heavy atom. The number of aliphatic hydroxyl groups excluding tert-OH is 1. The van der Waals surface area contributed by atoms with Gasteiger partial charge in [0.15, 0.2) is 0 Å². The van der Waals surface area contributed by atoms with Crippen molar-refractivity contribution >= 4 is 17.5 Å². The molecule has 2 rings (SSSR count). The Bertz CT molecular complexity index is 484. The fourth-order valence-electron chi connectivity index (χ4n) is 2.12. The molecule has 102 valence electrons. The second-order valence-corrected chi connectivity index (χ2v) is 4.70. The average Bonchev–Trinajstić information content (AvgIpc) is 2.33. The second-order valence-electron chi connectivity index (χ2n) is 4.70. The van der Waals surface area contributed by atoms with E-state index in [4.69, 9.17) is 10.8 Å². The number of nitrogens with zero attached hydrogens (tertiary/aromatic N) is 1. The van der Waals surface area contributed by atoms with E-state index in [1.807, 2.05) is 4.90 Å². The fourth-order valence-corrected chi connectivity index (χ4v) is 2.12. The van der Waals surface area contributed by atoms with Gasteiger partial charge in [-0.25, -0.2) is 0 Å². The largest absolute Gasteiger partial charge is 0.396 e. The van der Waals surface area contributed by atoms with E-state index >= 15 is 0 Å². The maximum absolute atomic E-state index is 11.8. The maximum Gasteiger partial charge on any atom is 0.250 e. The van der Waals surface area contributed by atoms with Gasteiger partial charge >= 0.3 is 0 Å². The van der Waals surface area contributed by atoms with Gasteiger partial charge in [0, 0.05) is 25.6 Å². The molecule has 0 radical (unpaired) electrons. The van der Waals surface area contributed by atoms with Crippen molar-refractivity contribution in [3.8, 4) is 0 Å². The van der Waals surface area contributed by atoms with E-state index in [1.54, 1.807) is 24.3 Å². The topological polar surface area (TPSA) is 95.7 Å². The van der Waals surface area contributed by atoms with Crippen LogP contribution in [0.15, 0.2) is 24.3 Å². The highest BCUT2D eigenvalue weighted by Crippen LogP contribution is 2.16. The highest BCUT2D eigenvalue weighted by Gasteiger charge is 2.27. The lowest BCUT2D eigenvalue weighted by atomic mass is 10.0. The molecule has 0 unspecified atom stereocenters. The highest BCUT2D eigenvalue weighted by atomic mass is 16.3. The van der Waals surface area contributed by atoms with Gasteiger partial charge in [-0.05, 0) is 12.1 Å². The third kappa shape index (κ3) is 3.30. The molecule has 0 spiro atoms. The summed E-state index contributed by atoms with van der Waals surface area (Å²) >= 11 is 0. The number of rotatable bonds is 5. The number of hydrogen-bond donors (Lipinski definition) is 3. The monoisotopic (exact) mass is 263 g/mol. The van der Waals surface area contributed by atoms with Crippen molar-refractivity contribution in [1.82, 2.24) is 4.90 Å². The average molecular weight is 263 g/mol. The zero-order valence-electron chi connectivity index (χ0n) is 10.5. The summed E-state index contributed by atoms with van der Waals surface area (Å²) in [5, 5.41) is 11.6. The first-order chi connectivity index (χ1) is 9.10. The van der Waals surface area contributed by atoms with Gasteiger partial charge in [-0.2, -0.15) is 0 Å². The molecule has 6 heteroatoms. The molecular weight excluding hydrogens is 246 g/mol. The third-order valence-electron chi connectivity index (χ3n) is 3.12. The van der Waals surface area contributed by atoms with Crippen molar-refractivity contribution in [3.05, 3.63) is 29.8 Å². The first-order valence-electron chi connectivity index (χ1n) is 6.12. The van der Waals surface area contributed by atoms with Crippen LogP contribution in [0.25, 0.3) is 0 Å². The van der Waals surface area contributed by atoms with Gasteiger partial charge in [0.1, 0.15) is 0 Å². The number of aliphatic hydroxyl groups is 1. The number of para-hydroxylation sites is 1. The molecule has 1 saturated heterocycles. The molecule has 6 nitrogen and oxygen atoms in total. The summed E-state index contributed by atoms with van der Waals surface area (Å²) in [5.41, 5.74) is 5.97. The van der Waals surface area contributed by atoms with Gasteiger partial charge < -0.3 is 16.2 Å². The molecule has 0 aromatic heterocycles. The van der Waals surface area contributed by atoms with Crippen LogP contribution in [0.5, 0.6) is 0 Å². The molecule has 0 aliphatic carbocycles. The molecule has 1 aromatic carbocycles. The number of anilines is 1. The number of hydrogen-bond acceptors (Lipinski definition) is 4. The van der Waals surface area contributed by atoms with Gasteiger partial charge in [0.05, 0.1) is 17.8 Å². The molecule has 0 saturated carbocycles. The van der Waals surface area contributed by atoms with E-state index in [9.17, 15) is 9.59 Å².